The monoisotopic (exact) mass is 208 g/mol. The van der Waals surface area contributed by atoms with Crippen LogP contribution in [0.2, 0.25) is 0 Å². The second kappa shape index (κ2) is 4.57. The molecule has 15 heavy (non-hydrogen) atoms. The molecule has 0 amide bonds. The third kappa shape index (κ3) is 2.45. The minimum absolute atomic E-state index is 0.0913. The van der Waals surface area contributed by atoms with Crippen LogP contribution in [-0.2, 0) is 11.3 Å². The molecule has 1 fully saturated rings. The van der Waals surface area contributed by atoms with Crippen LogP contribution in [0.1, 0.15) is 31.7 Å². The molecule has 4 heteroatoms. The van der Waals surface area contributed by atoms with Crippen LogP contribution in [0.15, 0.2) is 17.0 Å². The average molecular weight is 208 g/mol. The van der Waals surface area contributed by atoms with E-state index in [-0.39, 0.29) is 11.8 Å². The fourth-order valence-electron chi connectivity index (χ4n) is 2.18. The lowest BCUT2D eigenvalue weighted by molar-refractivity contribution is -0.123. The van der Waals surface area contributed by atoms with Gasteiger partial charge in [-0.15, -0.1) is 0 Å². The predicted octanol–water partition coefficient (Wildman–Crippen LogP) is 1.62. The van der Waals surface area contributed by atoms with E-state index in [9.17, 15) is 4.79 Å². The van der Waals surface area contributed by atoms with Crippen LogP contribution in [0.4, 0.5) is 0 Å². The summed E-state index contributed by atoms with van der Waals surface area (Å²) in [6.07, 6.45) is 6.68. The second-order valence-electron chi connectivity index (χ2n) is 4.13. The van der Waals surface area contributed by atoms with Gasteiger partial charge in [0.05, 0.1) is 12.2 Å². The van der Waals surface area contributed by atoms with Crippen molar-refractivity contribution >= 4 is 5.78 Å². The molecular weight excluding hydrogens is 192 g/mol. The van der Waals surface area contributed by atoms with Crippen LogP contribution >= 0.6 is 0 Å². The summed E-state index contributed by atoms with van der Waals surface area (Å²) >= 11 is 0. The Labute approximate surface area is 89.2 Å². The lowest BCUT2D eigenvalue weighted by atomic mass is 9.99. The first-order valence-corrected chi connectivity index (χ1v) is 5.40. The van der Waals surface area contributed by atoms with E-state index in [0.29, 0.717) is 0 Å². The van der Waals surface area contributed by atoms with Crippen molar-refractivity contribution in [2.45, 2.75) is 38.8 Å². The fraction of sp³-hybridized carbons (Fsp3) is 0.636. The number of carbonyl (C=O) groups is 1. The second-order valence-corrected chi connectivity index (χ2v) is 4.13. The van der Waals surface area contributed by atoms with Crippen molar-refractivity contribution in [3.05, 3.63) is 18.0 Å². The minimum Gasteiger partial charge on any atom is -0.364 e. The molecule has 1 atom stereocenters. The number of rotatable bonds is 3. The van der Waals surface area contributed by atoms with Crippen LogP contribution in [0.5, 0.6) is 0 Å². The van der Waals surface area contributed by atoms with E-state index >= 15 is 0 Å². The minimum atomic E-state index is 0.0913. The number of carbonyl (C=O) groups excluding carboxylic acids is 1. The molecule has 1 aromatic rings. The molecule has 0 radical (unpaired) electrons. The van der Waals surface area contributed by atoms with Gasteiger partial charge in [-0.1, -0.05) is 11.6 Å². The number of piperidine rings is 1. The van der Waals surface area contributed by atoms with E-state index in [1.54, 1.807) is 19.4 Å². The molecule has 4 nitrogen and oxygen atoms in total. The van der Waals surface area contributed by atoms with Crippen molar-refractivity contribution in [1.82, 2.24) is 10.1 Å². The van der Waals surface area contributed by atoms with Gasteiger partial charge in [-0.2, -0.15) is 0 Å². The SMILES string of the molecule is CC(=O)C1CCCCN1Cc1cnoc1. The van der Waals surface area contributed by atoms with Gasteiger partial charge < -0.3 is 4.52 Å². The van der Waals surface area contributed by atoms with Crippen LogP contribution in [0, 0.1) is 0 Å². The summed E-state index contributed by atoms with van der Waals surface area (Å²) < 4.78 is 4.79. The van der Waals surface area contributed by atoms with Gasteiger partial charge in [0.1, 0.15) is 12.0 Å². The van der Waals surface area contributed by atoms with Gasteiger partial charge in [0.15, 0.2) is 0 Å². The highest BCUT2D eigenvalue weighted by Crippen LogP contribution is 2.19. The van der Waals surface area contributed by atoms with E-state index in [2.05, 4.69) is 10.1 Å². The first kappa shape index (κ1) is 10.4. The molecule has 2 heterocycles. The molecule has 1 saturated heterocycles. The zero-order valence-corrected chi connectivity index (χ0v) is 8.98. The molecule has 1 aromatic heterocycles. The van der Waals surface area contributed by atoms with Crippen molar-refractivity contribution in [1.29, 1.82) is 0 Å². The highest BCUT2D eigenvalue weighted by Gasteiger charge is 2.25. The third-order valence-electron chi connectivity index (χ3n) is 2.95. The Kier molecular flexibility index (Phi) is 3.16. The quantitative estimate of drug-likeness (QED) is 0.757. The zero-order valence-electron chi connectivity index (χ0n) is 8.98. The van der Waals surface area contributed by atoms with Gasteiger partial charge in [-0.3, -0.25) is 9.69 Å². The third-order valence-corrected chi connectivity index (χ3v) is 2.95. The molecule has 0 aromatic carbocycles. The largest absolute Gasteiger partial charge is 0.364 e. The molecule has 1 aliphatic rings. The maximum Gasteiger partial charge on any atom is 0.146 e. The molecule has 82 valence electrons. The molecule has 1 aliphatic heterocycles. The van der Waals surface area contributed by atoms with Gasteiger partial charge in [0.25, 0.3) is 0 Å². The van der Waals surface area contributed by atoms with Crippen molar-refractivity contribution in [2.24, 2.45) is 0 Å². The highest BCUT2D eigenvalue weighted by molar-refractivity contribution is 5.81. The number of aromatic nitrogens is 1. The maximum absolute atomic E-state index is 11.5. The average Bonchev–Trinajstić information content (AvgIpc) is 2.71. The lowest BCUT2D eigenvalue weighted by Gasteiger charge is -2.33. The molecule has 2 rings (SSSR count). The van der Waals surface area contributed by atoms with Crippen molar-refractivity contribution in [3.8, 4) is 0 Å². The summed E-state index contributed by atoms with van der Waals surface area (Å²) in [5, 5.41) is 3.67. The van der Waals surface area contributed by atoms with Gasteiger partial charge >= 0.3 is 0 Å². The lowest BCUT2D eigenvalue weighted by Crippen LogP contribution is -2.43. The van der Waals surface area contributed by atoms with E-state index in [1.165, 1.54) is 6.42 Å². The highest BCUT2D eigenvalue weighted by atomic mass is 16.5. The summed E-state index contributed by atoms with van der Waals surface area (Å²) in [5.41, 5.74) is 1.04. The zero-order chi connectivity index (χ0) is 10.7. The normalized spacial score (nSPS) is 22.9. The number of likely N-dealkylation sites (tertiary alicyclic amines) is 1. The Morgan fingerprint density at radius 1 is 1.67 bits per heavy atom. The topological polar surface area (TPSA) is 46.3 Å². The predicted molar refractivity (Wildman–Crippen MR) is 55.2 cm³/mol. The number of hydrogen-bond donors (Lipinski definition) is 0. The van der Waals surface area contributed by atoms with E-state index in [0.717, 1.165) is 31.5 Å². The van der Waals surface area contributed by atoms with Crippen molar-refractivity contribution in [2.75, 3.05) is 6.54 Å². The first-order chi connectivity index (χ1) is 7.27. The molecule has 0 bridgehead atoms. The summed E-state index contributed by atoms with van der Waals surface area (Å²) in [5.74, 6) is 0.270. The van der Waals surface area contributed by atoms with Crippen LogP contribution in [-0.4, -0.2) is 28.4 Å². The van der Waals surface area contributed by atoms with Crippen molar-refractivity contribution < 1.29 is 9.32 Å². The van der Waals surface area contributed by atoms with Gasteiger partial charge in [-0.05, 0) is 26.3 Å². The Hall–Kier alpha value is -1.16. The van der Waals surface area contributed by atoms with E-state index in [1.807, 2.05) is 0 Å². The number of Topliss-reactive ketones (excluding diaryl/α,β-unsaturated/α-hetero) is 1. The van der Waals surface area contributed by atoms with Crippen molar-refractivity contribution in [3.63, 3.8) is 0 Å². The summed E-state index contributed by atoms with van der Waals surface area (Å²) in [7, 11) is 0. The summed E-state index contributed by atoms with van der Waals surface area (Å²) in [6, 6.07) is 0.0913. The van der Waals surface area contributed by atoms with Crippen LogP contribution in [0.3, 0.4) is 0 Å². The maximum atomic E-state index is 11.5. The summed E-state index contributed by atoms with van der Waals surface area (Å²) in [6.45, 7) is 3.44. The molecule has 1 unspecified atom stereocenters. The van der Waals surface area contributed by atoms with E-state index < -0.39 is 0 Å². The van der Waals surface area contributed by atoms with Gasteiger partial charge in [-0.25, -0.2) is 0 Å². The van der Waals surface area contributed by atoms with Gasteiger partial charge in [0, 0.05) is 12.1 Å². The van der Waals surface area contributed by atoms with Gasteiger partial charge in [0.2, 0.25) is 0 Å². The Morgan fingerprint density at radius 2 is 2.53 bits per heavy atom. The molecule has 0 saturated carbocycles. The number of nitrogens with zero attached hydrogens (tertiary/aromatic N) is 2. The Balaban J connectivity index is 2.02. The molecule has 0 aliphatic carbocycles. The molecule has 0 N–H and O–H groups in total. The fourth-order valence-corrected chi connectivity index (χ4v) is 2.18. The Bertz CT molecular complexity index is 321. The Morgan fingerprint density at radius 3 is 3.20 bits per heavy atom. The number of hydrogen-bond acceptors (Lipinski definition) is 4. The number of ketones is 1. The molecule has 0 spiro atoms. The van der Waals surface area contributed by atoms with E-state index in [4.69, 9.17) is 4.52 Å². The first-order valence-electron chi connectivity index (χ1n) is 5.40. The van der Waals surface area contributed by atoms with Crippen LogP contribution < -0.4 is 0 Å². The van der Waals surface area contributed by atoms with Crippen LogP contribution in [0.25, 0.3) is 0 Å². The smallest absolute Gasteiger partial charge is 0.146 e. The molecular formula is C11H16N2O2. The standard InChI is InChI=1S/C11H16N2O2/c1-9(14)11-4-2-3-5-13(11)7-10-6-12-15-8-10/h6,8,11H,2-5,7H2,1H3. The summed E-state index contributed by atoms with van der Waals surface area (Å²) in [4.78, 5) is 13.7.